The molecule has 0 aromatic rings. The van der Waals surface area contributed by atoms with Gasteiger partial charge in [0.2, 0.25) is 0 Å². The molecule has 0 aliphatic heterocycles. The van der Waals surface area contributed by atoms with Crippen molar-refractivity contribution in [2.24, 2.45) is 11.3 Å². The summed E-state index contributed by atoms with van der Waals surface area (Å²) in [4.78, 5) is 12.0. The van der Waals surface area contributed by atoms with Crippen molar-refractivity contribution in [3.63, 3.8) is 0 Å². The number of hydrogen-bond donors (Lipinski definition) is 1. The molecule has 2 saturated carbocycles. The molecule has 2 nitrogen and oxygen atoms in total. The van der Waals surface area contributed by atoms with Crippen molar-refractivity contribution < 1.29 is 9.90 Å². The molecule has 2 aliphatic rings. The standard InChI is InChI=1S/C16H28O2/c17-15(18)16(12-8-4-1-5-9-13-16)14-10-6-2-3-7-11-14/h14H,1-13H2,(H,17,18). The number of carboxylic acids is 1. The molecule has 0 radical (unpaired) electrons. The molecule has 0 unspecified atom stereocenters. The summed E-state index contributed by atoms with van der Waals surface area (Å²) in [5.41, 5.74) is -0.370. The molecule has 0 bridgehead atoms. The molecule has 2 rings (SSSR count). The lowest BCUT2D eigenvalue weighted by molar-refractivity contribution is -0.155. The monoisotopic (exact) mass is 252 g/mol. The molecule has 2 heteroatoms. The van der Waals surface area contributed by atoms with E-state index in [1.54, 1.807) is 0 Å². The Balaban J connectivity index is 2.14. The van der Waals surface area contributed by atoms with Gasteiger partial charge >= 0.3 is 5.97 Å². The summed E-state index contributed by atoms with van der Waals surface area (Å²) in [7, 11) is 0. The van der Waals surface area contributed by atoms with Crippen LogP contribution in [-0.2, 0) is 4.79 Å². The van der Waals surface area contributed by atoms with E-state index in [1.807, 2.05) is 0 Å². The van der Waals surface area contributed by atoms with Gasteiger partial charge in [-0.05, 0) is 31.6 Å². The Labute approximate surface area is 111 Å². The zero-order valence-corrected chi connectivity index (χ0v) is 11.6. The minimum atomic E-state index is -0.490. The van der Waals surface area contributed by atoms with E-state index in [0.717, 1.165) is 38.5 Å². The third-order valence-corrected chi connectivity index (χ3v) is 5.31. The van der Waals surface area contributed by atoms with E-state index in [-0.39, 0.29) is 5.41 Å². The molecule has 0 atom stereocenters. The lowest BCUT2D eigenvalue weighted by atomic mass is 9.65. The Hall–Kier alpha value is -0.530. The van der Waals surface area contributed by atoms with Gasteiger partial charge in [0.25, 0.3) is 0 Å². The van der Waals surface area contributed by atoms with Crippen molar-refractivity contribution in [1.82, 2.24) is 0 Å². The van der Waals surface area contributed by atoms with Gasteiger partial charge in [-0.2, -0.15) is 0 Å². The second-order valence-corrected chi connectivity index (χ2v) is 6.42. The molecular weight excluding hydrogens is 224 g/mol. The zero-order valence-electron chi connectivity index (χ0n) is 11.6. The molecule has 0 aromatic heterocycles. The van der Waals surface area contributed by atoms with Crippen molar-refractivity contribution >= 4 is 5.97 Å². The average Bonchev–Trinajstić information content (AvgIpc) is 2.57. The topological polar surface area (TPSA) is 37.3 Å². The van der Waals surface area contributed by atoms with E-state index < -0.39 is 5.97 Å². The van der Waals surface area contributed by atoms with Crippen molar-refractivity contribution in [2.75, 3.05) is 0 Å². The molecule has 0 heterocycles. The predicted octanol–water partition coefficient (Wildman–Crippen LogP) is 4.77. The largest absolute Gasteiger partial charge is 0.481 e. The van der Waals surface area contributed by atoms with E-state index in [4.69, 9.17) is 0 Å². The van der Waals surface area contributed by atoms with Crippen LogP contribution in [0.2, 0.25) is 0 Å². The minimum absolute atomic E-state index is 0.370. The maximum absolute atomic E-state index is 12.0. The van der Waals surface area contributed by atoms with Gasteiger partial charge in [-0.1, -0.05) is 57.8 Å². The molecule has 1 N–H and O–H groups in total. The van der Waals surface area contributed by atoms with Gasteiger partial charge in [-0.25, -0.2) is 0 Å². The summed E-state index contributed by atoms with van der Waals surface area (Å²) < 4.78 is 0. The molecule has 0 amide bonds. The van der Waals surface area contributed by atoms with Crippen molar-refractivity contribution in [3.8, 4) is 0 Å². The summed E-state index contributed by atoms with van der Waals surface area (Å²) in [6.07, 6.45) is 15.4. The predicted molar refractivity (Wildman–Crippen MR) is 73.6 cm³/mol. The fourth-order valence-corrected chi connectivity index (χ4v) is 4.16. The van der Waals surface area contributed by atoms with Crippen LogP contribution >= 0.6 is 0 Å². The van der Waals surface area contributed by atoms with Gasteiger partial charge in [0, 0.05) is 0 Å². The third kappa shape index (κ3) is 3.07. The smallest absolute Gasteiger partial charge is 0.309 e. The average molecular weight is 252 g/mol. The van der Waals surface area contributed by atoms with Crippen molar-refractivity contribution in [2.45, 2.75) is 83.5 Å². The summed E-state index contributed by atoms with van der Waals surface area (Å²) in [6.45, 7) is 0. The molecule has 18 heavy (non-hydrogen) atoms. The number of hydrogen-bond acceptors (Lipinski definition) is 1. The van der Waals surface area contributed by atoms with E-state index in [0.29, 0.717) is 5.92 Å². The first-order chi connectivity index (χ1) is 8.76. The van der Waals surface area contributed by atoms with Crippen LogP contribution in [0.25, 0.3) is 0 Å². The molecule has 104 valence electrons. The van der Waals surface area contributed by atoms with Crippen LogP contribution in [-0.4, -0.2) is 11.1 Å². The van der Waals surface area contributed by atoms with E-state index in [1.165, 1.54) is 44.9 Å². The number of carbonyl (C=O) groups is 1. The van der Waals surface area contributed by atoms with Gasteiger partial charge in [0.1, 0.15) is 0 Å². The number of carboxylic acid groups (broad SMARTS) is 1. The Bertz CT molecular complexity index is 256. The van der Waals surface area contributed by atoms with Gasteiger partial charge in [-0.3, -0.25) is 4.79 Å². The van der Waals surface area contributed by atoms with Crippen molar-refractivity contribution in [1.29, 1.82) is 0 Å². The second kappa shape index (κ2) is 6.58. The van der Waals surface area contributed by atoms with Gasteiger partial charge in [-0.15, -0.1) is 0 Å². The van der Waals surface area contributed by atoms with Crippen LogP contribution in [0.3, 0.4) is 0 Å². The first kappa shape index (κ1) is 13.9. The fraction of sp³-hybridized carbons (Fsp3) is 0.938. The van der Waals surface area contributed by atoms with E-state index in [2.05, 4.69) is 0 Å². The van der Waals surface area contributed by atoms with Gasteiger partial charge in [0.05, 0.1) is 5.41 Å². The quantitative estimate of drug-likeness (QED) is 0.719. The van der Waals surface area contributed by atoms with Crippen LogP contribution in [0.1, 0.15) is 83.5 Å². The summed E-state index contributed by atoms with van der Waals surface area (Å²) >= 11 is 0. The summed E-state index contributed by atoms with van der Waals surface area (Å²) in [5.74, 6) is -0.0353. The fourth-order valence-electron chi connectivity index (χ4n) is 4.16. The Morgan fingerprint density at radius 3 is 1.72 bits per heavy atom. The normalized spacial score (nSPS) is 26.9. The first-order valence-electron chi connectivity index (χ1n) is 7.99. The van der Waals surface area contributed by atoms with Crippen LogP contribution < -0.4 is 0 Å². The molecule has 0 saturated heterocycles. The molecule has 0 spiro atoms. The second-order valence-electron chi connectivity index (χ2n) is 6.42. The lowest BCUT2D eigenvalue weighted by Gasteiger charge is -2.38. The van der Waals surface area contributed by atoms with Crippen molar-refractivity contribution in [3.05, 3.63) is 0 Å². The maximum atomic E-state index is 12.0. The summed E-state index contributed by atoms with van der Waals surface area (Å²) in [6, 6.07) is 0. The van der Waals surface area contributed by atoms with E-state index >= 15 is 0 Å². The number of aliphatic carboxylic acids is 1. The highest BCUT2D eigenvalue weighted by Gasteiger charge is 2.44. The molecule has 2 fully saturated rings. The highest BCUT2D eigenvalue weighted by atomic mass is 16.4. The molecular formula is C16H28O2. The summed E-state index contributed by atoms with van der Waals surface area (Å²) in [5, 5.41) is 9.85. The van der Waals surface area contributed by atoms with Crippen LogP contribution in [0.4, 0.5) is 0 Å². The Kier molecular flexibility index (Phi) is 5.08. The highest BCUT2D eigenvalue weighted by Crippen LogP contribution is 2.46. The molecule has 0 aromatic carbocycles. The van der Waals surface area contributed by atoms with Gasteiger partial charge in [0.15, 0.2) is 0 Å². The van der Waals surface area contributed by atoms with Gasteiger partial charge < -0.3 is 5.11 Å². The SMILES string of the molecule is O=C(O)C1(C2CCCCCC2)CCCCCCC1. The van der Waals surface area contributed by atoms with Crippen LogP contribution in [0.5, 0.6) is 0 Å². The zero-order chi connectivity index (χ0) is 12.8. The van der Waals surface area contributed by atoms with Crippen LogP contribution in [0, 0.1) is 11.3 Å². The first-order valence-corrected chi connectivity index (χ1v) is 7.99. The maximum Gasteiger partial charge on any atom is 0.309 e. The lowest BCUT2D eigenvalue weighted by Crippen LogP contribution is -2.39. The van der Waals surface area contributed by atoms with E-state index in [9.17, 15) is 9.90 Å². The Morgan fingerprint density at radius 2 is 1.22 bits per heavy atom. The third-order valence-electron chi connectivity index (χ3n) is 5.31. The Morgan fingerprint density at radius 1 is 0.778 bits per heavy atom. The number of rotatable bonds is 2. The highest BCUT2D eigenvalue weighted by molar-refractivity contribution is 5.75. The minimum Gasteiger partial charge on any atom is -0.481 e. The molecule has 2 aliphatic carbocycles. The van der Waals surface area contributed by atoms with Crippen LogP contribution in [0.15, 0.2) is 0 Å².